The highest BCUT2D eigenvalue weighted by Gasteiger charge is 2.18. The lowest BCUT2D eigenvalue weighted by molar-refractivity contribution is 0.250. The van der Waals surface area contributed by atoms with Gasteiger partial charge in [-0.2, -0.15) is 5.10 Å². The molecule has 0 spiro atoms. The highest BCUT2D eigenvalue weighted by atomic mass is 15.3. The van der Waals surface area contributed by atoms with Gasteiger partial charge in [0.15, 0.2) is 5.65 Å². The first-order chi connectivity index (χ1) is 10.9. The van der Waals surface area contributed by atoms with E-state index in [-0.39, 0.29) is 0 Å². The van der Waals surface area contributed by atoms with E-state index in [2.05, 4.69) is 30.9 Å². The number of anilines is 1. The van der Waals surface area contributed by atoms with Gasteiger partial charge in [0.1, 0.15) is 0 Å². The number of hydrogen-bond donors (Lipinski definition) is 0. The first kappa shape index (κ1) is 13.2. The van der Waals surface area contributed by atoms with E-state index in [1.807, 2.05) is 47.6 Å². The Kier molecular flexibility index (Phi) is 3.44. The lowest BCUT2D eigenvalue weighted by Gasteiger charge is -2.35. The van der Waals surface area contributed by atoms with Crippen molar-refractivity contribution in [1.82, 2.24) is 24.5 Å². The molecule has 0 amide bonds. The number of pyridine rings is 1. The molecular weight excluding hydrogens is 276 g/mol. The molecule has 22 heavy (non-hydrogen) atoms. The molecule has 0 aromatic carbocycles. The normalized spacial score (nSPS) is 16.3. The van der Waals surface area contributed by atoms with Crippen molar-refractivity contribution in [2.75, 3.05) is 31.1 Å². The van der Waals surface area contributed by atoms with Crippen LogP contribution in [-0.4, -0.2) is 50.7 Å². The number of fused-ring (bicyclic) bond motifs is 1. The summed E-state index contributed by atoms with van der Waals surface area (Å²) in [6.07, 6.45) is 9.44. The Bertz CT molecular complexity index is 745. The average molecular weight is 294 g/mol. The minimum Gasteiger partial charge on any atom is -0.368 e. The van der Waals surface area contributed by atoms with Crippen molar-refractivity contribution in [1.29, 1.82) is 0 Å². The third-order valence-corrected chi connectivity index (χ3v) is 4.13. The molecule has 3 aromatic rings. The second-order valence-corrected chi connectivity index (χ2v) is 5.53. The zero-order valence-electron chi connectivity index (χ0n) is 12.3. The van der Waals surface area contributed by atoms with Crippen LogP contribution in [0.5, 0.6) is 0 Å². The van der Waals surface area contributed by atoms with E-state index in [1.54, 1.807) is 0 Å². The van der Waals surface area contributed by atoms with Crippen LogP contribution in [0.2, 0.25) is 0 Å². The summed E-state index contributed by atoms with van der Waals surface area (Å²) in [5.41, 5.74) is 3.35. The summed E-state index contributed by atoms with van der Waals surface area (Å²) in [6.45, 7) is 5.04. The number of nitrogens with zero attached hydrogens (tertiary/aromatic N) is 6. The lowest BCUT2D eigenvalue weighted by Crippen LogP contribution is -2.46. The fourth-order valence-corrected chi connectivity index (χ4v) is 2.93. The Hall–Kier alpha value is -2.47. The third-order valence-electron chi connectivity index (χ3n) is 4.13. The fraction of sp³-hybridized carbons (Fsp3) is 0.312. The van der Waals surface area contributed by atoms with Crippen LogP contribution in [0.4, 0.5) is 5.69 Å². The summed E-state index contributed by atoms with van der Waals surface area (Å²) in [6, 6.07) is 6.01. The van der Waals surface area contributed by atoms with Crippen LogP contribution in [0.25, 0.3) is 5.65 Å². The van der Waals surface area contributed by atoms with Crippen LogP contribution in [0.1, 0.15) is 5.56 Å². The molecule has 0 radical (unpaired) electrons. The molecule has 3 aromatic heterocycles. The Balaban J connectivity index is 1.42. The largest absolute Gasteiger partial charge is 0.368 e. The monoisotopic (exact) mass is 294 g/mol. The van der Waals surface area contributed by atoms with Crippen molar-refractivity contribution >= 4 is 11.3 Å². The zero-order valence-corrected chi connectivity index (χ0v) is 12.3. The van der Waals surface area contributed by atoms with Crippen molar-refractivity contribution < 1.29 is 0 Å². The number of aromatic nitrogens is 4. The summed E-state index contributed by atoms with van der Waals surface area (Å²) < 4.78 is 1.83. The Morgan fingerprint density at radius 3 is 2.73 bits per heavy atom. The SMILES string of the molecule is c1cncc(N2CCN(Cc3cnn4cccnc34)CC2)c1. The summed E-state index contributed by atoms with van der Waals surface area (Å²) >= 11 is 0. The van der Waals surface area contributed by atoms with E-state index >= 15 is 0 Å². The van der Waals surface area contributed by atoms with Gasteiger partial charge in [-0.05, 0) is 18.2 Å². The van der Waals surface area contributed by atoms with Gasteiger partial charge < -0.3 is 4.90 Å². The first-order valence-electron chi connectivity index (χ1n) is 7.55. The van der Waals surface area contributed by atoms with Crippen molar-refractivity contribution in [3.63, 3.8) is 0 Å². The van der Waals surface area contributed by atoms with E-state index in [1.165, 1.54) is 11.3 Å². The summed E-state index contributed by atoms with van der Waals surface area (Å²) in [4.78, 5) is 13.5. The van der Waals surface area contributed by atoms with E-state index in [0.29, 0.717) is 0 Å². The minimum atomic E-state index is 0.904. The molecule has 1 fully saturated rings. The van der Waals surface area contributed by atoms with Gasteiger partial charge in [-0.3, -0.25) is 9.88 Å². The molecule has 6 heteroatoms. The molecule has 0 atom stereocenters. The highest BCUT2D eigenvalue weighted by Crippen LogP contribution is 2.16. The lowest BCUT2D eigenvalue weighted by atomic mass is 10.2. The number of piperazine rings is 1. The van der Waals surface area contributed by atoms with Crippen LogP contribution in [0, 0.1) is 0 Å². The van der Waals surface area contributed by atoms with Gasteiger partial charge in [0.05, 0.1) is 18.1 Å². The third kappa shape index (κ3) is 2.53. The molecule has 6 nitrogen and oxygen atoms in total. The predicted molar refractivity (Wildman–Crippen MR) is 84.7 cm³/mol. The maximum atomic E-state index is 4.42. The maximum absolute atomic E-state index is 4.42. The smallest absolute Gasteiger partial charge is 0.159 e. The molecule has 1 saturated heterocycles. The quantitative estimate of drug-likeness (QED) is 0.732. The van der Waals surface area contributed by atoms with Gasteiger partial charge in [0.25, 0.3) is 0 Å². The van der Waals surface area contributed by atoms with Gasteiger partial charge in [-0.15, -0.1) is 0 Å². The molecule has 4 rings (SSSR count). The van der Waals surface area contributed by atoms with Gasteiger partial charge in [-0.1, -0.05) is 0 Å². The van der Waals surface area contributed by atoms with Crippen molar-refractivity contribution in [3.8, 4) is 0 Å². The maximum Gasteiger partial charge on any atom is 0.159 e. The van der Waals surface area contributed by atoms with Crippen LogP contribution in [-0.2, 0) is 6.54 Å². The van der Waals surface area contributed by atoms with Crippen molar-refractivity contribution in [2.45, 2.75) is 6.54 Å². The Morgan fingerprint density at radius 1 is 1.00 bits per heavy atom. The predicted octanol–water partition coefficient (Wildman–Crippen LogP) is 1.45. The second-order valence-electron chi connectivity index (χ2n) is 5.53. The molecule has 0 saturated carbocycles. The minimum absolute atomic E-state index is 0.904. The van der Waals surface area contributed by atoms with Gasteiger partial charge in [0, 0.05) is 56.9 Å². The van der Waals surface area contributed by atoms with Crippen molar-refractivity contribution in [2.24, 2.45) is 0 Å². The summed E-state index contributed by atoms with van der Waals surface area (Å²) in [7, 11) is 0. The molecule has 0 aliphatic carbocycles. The van der Waals surface area contributed by atoms with Crippen LogP contribution in [0.3, 0.4) is 0 Å². The molecule has 0 N–H and O–H groups in total. The molecule has 1 aliphatic heterocycles. The van der Waals surface area contributed by atoms with Crippen LogP contribution >= 0.6 is 0 Å². The first-order valence-corrected chi connectivity index (χ1v) is 7.55. The van der Waals surface area contributed by atoms with Gasteiger partial charge in [-0.25, -0.2) is 9.50 Å². The zero-order chi connectivity index (χ0) is 14.8. The van der Waals surface area contributed by atoms with E-state index in [9.17, 15) is 0 Å². The molecule has 0 unspecified atom stereocenters. The van der Waals surface area contributed by atoms with E-state index in [0.717, 1.165) is 38.4 Å². The number of rotatable bonds is 3. The van der Waals surface area contributed by atoms with Gasteiger partial charge >= 0.3 is 0 Å². The standard InChI is InChI=1S/C16H18N6/c1-3-15(12-17-4-1)21-9-7-20(8-10-21)13-14-11-19-22-6-2-5-18-16(14)22/h1-6,11-12H,7-10,13H2. The van der Waals surface area contributed by atoms with E-state index < -0.39 is 0 Å². The van der Waals surface area contributed by atoms with Gasteiger partial charge in [0.2, 0.25) is 0 Å². The fourth-order valence-electron chi connectivity index (χ4n) is 2.93. The molecule has 1 aliphatic rings. The molecule has 0 bridgehead atoms. The van der Waals surface area contributed by atoms with Crippen molar-refractivity contribution in [3.05, 3.63) is 54.7 Å². The molecule has 4 heterocycles. The second kappa shape index (κ2) is 5.73. The Labute approximate surface area is 129 Å². The topological polar surface area (TPSA) is 49.6 Å². The molecular formula is C16H18N6. The Morgan fingerprint density at radius 2 is 1.91 bits per heavy atom. The number of hydrogen-bond acceptors (Lipinski definition) is 5. The van der Waals surface area contributed by atoms with Crippen LogP contribution in [0.15, 0.2) is 49.2 Å². The van der Waals surface area contributed by atoms with Crippen LogP contribution < -0.4 is 4.90 Å². The van der Waals surface area contributed by atoms with E-state index in [4.69, 9.17) is 0 Å². The summed E-state index contributed by atoms with van der Waals surface area (Å²) in [5.74, 6) is 0. The molecule has 112 valence electrons. The highest BCUT2D eigenvalue weighted by molar-refractivity contribution is 5.46. The average Bonchev–Trinajstić information content (AvgIpc) is 3.00. The summed E-state index contributed by atoms with van der Waals surface area (Å²) in [5, 5.41) is 4.36.